The van der Waals surface area contributed by atoms with Gasteiger partial charge in [0, 0.05) is 5.69 Å². The lowest BCUT2D eigenvalue weighted by Crippen LogP contribution is -2.13. The first-order valence-corrected chi connectivity index (χ1v) is 5.71. The summed E-state index contributed by atoms with van der Waals surface area (Å²) in [6.45, 7) is 2.27. The van der Waals surface area contributed by atoms with Crippen molar-refractivity contribution in [2.24, 2.45) is 5.92 Å². The van der Waals surface area contributed by atoms with Crippen LogP contribution in [-0.2, 0) is 0 Å². The van der Waals surface area contributed by atoms with Gasteiger partial charge >= 0.3 is 0 Å². The van der Waals surface area contributed by atoms with Gasteiger partial charge < -0.3 is 5.73 Å². The third-order valence-corrected chi connectivity index (χ3v) is 3.43. The first kappa shape index (κ1) is 10.5. The van der Waals surface area contributed by atoms with Gasteiger partial charge in [-0.1, -0.05) is 19.8 Å². The maximum atomic E-state index is 13.1. The summed E-state index contributed by atoms with van der Waals surface area (Å²) in [4.78, 5) is 0. The quantitative estimate of drug-likeness (QED) is 0.698. The Morgan fingerprint density at radius 1 is 1.33 bits per heavy atom. The molecule has 0 heterocycles. The van der Waals surface area contributed by atoms with E-state index in [0.29, 0.717) is 5.92 Å². The normalized spacial score (nSPS) is 26.5. The van der Waals surface area contributed by atoms with Crippen LogP contribution in [0.15, 0.2) is 18.2 Å². The first-order chi connectivity index (χ1) is 7.16. The van der Waals surface area contributed by atoms with Crippen molar-refractivity contribution in [2.45, 2.75) is 38.5 Å². The molecule has 0 amide bonds. The summed E-state index contributed by atoms with van der Waals surface area (Å²) in [7, 11) is 0. The van der Waals surface area contributed by atoms with E-state index < -0.39 is 0 Å². The molecule has 1 nitrogen and oxygen atoms in total. The summed E-state index contributed by atoms with van der Waals surface area (Å²) in [5.41, 5.74) is 7.66. The van der Waals surface area contributed by atoms with Gasteiger partial charge in [0.1, 0.15) is 5.82 Å². The lowest BCUT2D eigenvalue weighted by Gasteiger charge is -2.27. The Morgan fingerprint density at radius 2 is 2.13 bits per heavy atom. The Balaban J connectivity index is 2.24. The zero-order chi connectivity index (χ0) is 10.8. The van der Waals surface area contributed by atoms with E-state index in [0.717, 1.165) is 30.0 Å². The summed E-state index contributed by atoms with van der Waals surface area (Å²) in [5, 5.41) is 0. The molecule has 15 heavy (non-hydrogen) atoms. The van der Waals surface area contributed by atoms with E-state index >= 15 is 0 Å². The average molecular weight is 207 g/mol. The minimum absolute atomic E-state index is 0.169. The van der Waals surface area contributed by atoms with Gasteiger partial charge in [0.2, 0.25) is 0 Å². The molecule has 2 N–H and O–H groups in total. The summed E-state index contributed by atoms with van der Waals surface area (Å²) in [6, 6.07) is 4.73. The SMILES string of the molecule is C[C@H]1CCC[C@@H](c2cc(F)ccc2N)C1. The highest BCUT2D eigenvalue weighted by Crippen LogP contribution is 2.38. The minimum Gasteiger partial charge on any atom is -0.398 e. The van der Waals surface area contributed by atoms with E-state index in [1.807, 2.05) is 0 Å². The second kappa shape index (κ2) is 4.21. The molecule has 0 aromatic heterocycles. The van der Waals surface area contributed by atoms with E-state index in [1.165, 1.54) is 18.9 Å². The van der Waals surface area contributed by atoms with Crippen LogP contribution in [0.25, 0.3) is 0 Å². The predicted molar refractivity (Wildman–Crippen MR) is 61.2 cm³/mol. The maximum Gasteiger partial charge on any atom is 0.123 e. The minimum atomic E-state index is -0.169. The Kier molecular flexibility index (Phi) is 2.94. The Hall–Kier alpha value is -1.05. The smallest absolute Gasteiger partial charge is 0.123 e. The van der Waals surface area contributed by atoms with Crippen LogP contribution in [0.5, 0.6) is 0 Å². The van der Waals surface area contributed by atoms with Crippen molar-refractivity contribution >= 4 is 5.69 Å². The molecule has 1 aliphatic rings. The molecule has 1 aromatic carbocycles. The highest BCUT2D eigenvalue weighted by Gasteiger charge is 2.22. The van der Waals surface area contributed by atoms with Crippen molar-refractivity contribution in [3.8, 4) is 0 Å². The third kappa shape index (κ3) is 2.31. The summed E-state index contributed by atoms with van der Waals surface area (Å²) in [6.07, 6.45) is 4.83. The van der Waals surface area contributed by atoms with Crippen LogP contribution in [0.1, 0.15) is 44.1 Å². The zero-order valence-corrected chi connectivity index (χ0v) is 9.17. The molecule has 1 aliphatic carbocycles. The molecule has 1 aromatic rings. The van der Waals surface area contributed by atoms with Gasteiger partial charge in [0.05, 0.1) is 0 Å². The van der Waals surface area contributed by atoms with E-state index in [4.69, 9.17) is 5.73 Å². The van der Waals surface area contributed by atoms with Crippen LogP contribution in [0.4, 0.5) is 10.1 Å². The molecule has 2 rings (SSSR count). The highest BCUT2D eigenvalue weighted by molar-refractivity contribution is 5.48. The molecule has 0 bridgehead atoms. The fourth-order valence-electron chi connectivity index (χ4n) is 2.62. The van der Waals surface area contributed by atoms with E-state index in [-0.39, 0.29) is 5.82 Å². The van der Waals surface area contributed by atoms with Gasteiger partial charge in [0.25, 0.3) is 0 Å². The molecular weight excluding hydrogens is 189 g/mol. The average Bonchev–Trinajstić information content (AvgIpc) is 2.22. The lowest BCUT2D eigenvalue weighted by atomic mass is 9.78. The second-order valence-electron chi connectivity index (χ2n) is 4.74. The molecule has 2 heteroatoms. The number of halogens is 1. The summed E-state index contributed by atoms with van der Waals surface area (Å²) >= 11 is 0. The van der Waals surface area contributed by atoms with Crippen LogP contribution in [0.2, 0.25) is 0 Å². The molecule has 0 unspecified atom stereocenters. The topological polar surface area (TPSA) is 26.0 Å². The second-order valence-corrected chi connectivity index (χ2v) is 4.74. The number of hydrogen-bond acceptors (Lipinski definition) is 1. The Labute approximate surface area is 90.5 Å². The van der Waals surface area contributed by atoms with E-state index in [2.05, 4.69) is 6.92 Å². The number of nitrogens with two attached hydrogens (primary N) is 1. The summed E-state index contributed by atoms with van der Waals surface area (Å²) in [5.74, 6) is 1.04. The van der Waals surface area contributed by atoms with Gasteiger partial charge in [-0.15, -0.1) is 0 Å². The number of nitrogen functional groups attached to an aromatic ring is 1. The van der Waals surface area contributed by atoms with Gasteiger partial charge in [0.15, 0.2) is 0 Å². The molecule has 0 spiro atoms. The monoisotopic (exact) mass is 207 g/mol. The molecule has 0 saturated heterocycles. The van der Waals surface area contributed by atoms with Crippen molar-refractivity contribution in [2.75, 3.05) is 5.73 Å². The molecule has 1 fully saturated rings. The van der Waals surface area contributed by atoms with Gasteiger partial charge in [-0.2, -0.15) is 0 Å². The highest BCUT2D eigenvalue weighted by atomic mass is 19.1. The van der Waals surface area contributed by atoms with Crippen LogP contribution >= 0.6 is 0 Å². The van der Waals surface area contributed by atoms with Crippen molar-refractivity contribution in [3.05, 3.63) is 29.6 Å². The first-order valence-electron chi connectivity index (χ1n) is 5.71. The van der Waals surface area contributed by atoms with E-state index in [9.17, 15) is 4.39 Å². The number of anilines is 1. The molecule has 2 atom stereocenters. The summed E-state index contributed by atoms with van der Waals surface area (Å²) < 4.78 is 13.1. The van der Waals surface area contributed by atoms with Crippen LogP contribution in [0.3, 0.4) is 0 Å². The third-order valence-electron chi connectivity index (χ3n) is 3.43. The van der Waals surface area contributed by atoms with Gasteiger partial charge in [-0.25, -0.2) is 4.39 Å². The maximum absolute atomic E-state index is 13.1. The number of benzene rings is 1. The van der Waals surface area contributed by atoms with Crippen LogP contribution < -0.4 is 5.73 Å². The van der Waals surface area contributed by atoms with Crippen LogP contribution in [-0.4, -0.2) is 0 Å². The van der Waals surface area contributed by atoms with Gasteiger partial charge in [-0.05, 0) is 48.4 Å². The van der Waals surface area contributed by atoms with Gasteiger partial charge in [-0.3, -0.25) is 0 Å². The fourth-order valence-corrected chi connectivity index (χ4v) is 2.62. The fraction of sp³-hybridized carbons (Fsp3) is 0.538. The van der Waals surface area contributed by atoms with E-state index in [1.54, 1.807) is 12.1 Å². The Bertz CT molecular complexity index is 348. The van der Waals surface area contributed by atoms with Crippen molar-refractivity contribution in [1.82, 2.24) is 0 Å². The molecular formula is C13H18FN. The van der Waals surface area contributed by atoms with Crippen molar-refractivity contribution in [3.63, 3.8) is 0 Å². The number of rotatable bonds is 1. The molecule has 0 aliphatic heterocycles. The molecule has 82 valence electrons. The van der Waals surface area contributed by atoms with Crippen LogP contribution in [0, 0.1) is 11.7 Å². The lowest BCUT2D eigenvalue weighted by molar-refractivity contribution is 0.344. The standard InChI is InChI=1S/C13H18FN/c1-9-3-2-4-10(7-9)12-8-11(14)5-6-13(12)15/h5-6,8-10H,2-4,7,15H2,1H3/t9-,10+/m0/s1. The zero-order valence-electron chi connectivity index (χ0n) is 9.17. The van der Waals surface area contributed by atoms with Crippen molar-refractivity contribution in [1.29, 1.82) is 0 Å². The molecule has 0 radical (unpaired) electrons. The number of hydrogen-bond donors (Lipinski definition) is 1. The largest absolute Gasteiger partial charge is 0.398 e. The van der Waals surface area contributed by atoms with Crippen molar-refractivity contribution < 1.29 is 4.39 Å². The molecule has 1 saturated carbocycles. The Morgan fingerprint density at radius 3 is 2.87 bits per heavy atom. The predicted octanol–water partition coefficient (Wildman–Crippen LogP) is 3.70.